The maximum Gasteiger partial charge on any atom is 0.173 e. The van der Waals surface area contributed by atoms with Crippen LogP contribution in [0.2, 0.25) is 0 Å². The van der Waals surface area contributed by atoms with Gasteiger partial charge in [0.2, 0.25) is 0 Å². The maximum atomic E-state index is 13.0. The van der Waals surface area contributed by atoms with Crippen LogP contribution in [0.25, 0.3) is 10.2 Å². The van der Waals surface area contributed by atoms with Gasteiger partial charge in [0.25, 0.3) is 0 Å². The van der Waals surface area contributed by atoms with Crippen molar-refractivity contribution in [3.05, 3.63) is 80.5 Å². The molecule has 0 aliphatic rings. The lowest BCUT2D eigenvalue weighted by molar-refractivity contribution is 0.102. The summed E-state index contributed by atoms with van der Waals surface area (Å²) < 4.78 is 15.9. The van der Waals surface area contributed by atoms with Crippen molar-refractivity contribution in [1.29, 1.82) is 0 Å². The minimum atomic E-state index is -0.362. The predicted octanol–water partition coefficient (Wildman–Crippen LogP) is 7.39. The summed E-state index contributed by atoms with van der Waals surface area (Å²) in [5.74, 6) is -0.0485. The third kappa shape index (κ3) is 5.41. The van der Waals surface area contributed by atoms with Gasteiger partial charge >= 0.3 is 0 Å². The van der Waals surface area contributed by atoms with Crippen molar-refractivity contribution in [2.24, 2.45) is 4.99 Å². The fourth-order valence-corrected chi connectivity index (χ4v) is 5.91. The van der Waals surface area contributed by atoms with E-state index in [1.807, 2.05) is 18.2 Å². The molecule has 0 saturated heterocycles. The van der Waals surface area contributed by atoms with E-state index in [4.69, 9.17) is 0 Å². The molecular weight excluding hydrogens is 567 g/mol. The molecule has 156 valence electrons. The van der Waals surface area contributed by atoms with Crippen LogP contribution in [0.5, 0.6) is 5.75 Å². The second-order valence-corrected chi connectivity index (χ2v) is 10.4. The summed E-state index contributed by atoms with van der Waals surface area (Å²) in [6, 6.07) is 14.8. The summed E-state index contributed by atoms with van der Waals surface area (Å²) in [6.07, 6.45) is 1.72. The number of phenols is 1. The van der Waals surface area contributed by atoms with Crippen molar-refractivity contribution < 1.29 is 14.3 Å². The van der Waals surface area contributed by atoms with E-state index in [2.05, 4.69) is 41.8 Å². The van der Waals surface area contributed by atoms with Crippen LogP contribution in [0.4, 0.5) is 10.1 Å². The standard InChI is InChI=1S/C22H13Br2FN2O2S2/c23-16-7-12(8-17(24)21(16)29)10-26-15-5-6-18-20(9-15)31-22(27-18)30-11-19(28)13-1-3-14(25)4-2-13/h1-10,29H,11H2. The summed E-state index contributed by atoms with van der Waals surface area (Å²) in [5.41, 5.74) is 2.93. The normalized spacial score (nSPS) is 11.5. The van der Waals surface area contributed by atoms with Gasteiger partial charge in [0.05, 0.1) is 30.6 Å². The number of thiazole rings is 1. The van der Waals surface area contributed by atoms with E-state index in [-0.39, 0.29) is 23.1 Å². The zero-order valence-corrected chi connectivity index (χ0v) is 20.5. The van der Waals surface area contributed by atoms with Gasteiger partial charge in [-0.2, -0.15) is 0 Å². The molecule has 1 aromatic heterocycles. The predicted molar refractivity (Wildman–Crippen MR) is 132 cm³/mol. The molecule has 0 amide bonds. The lowest BCUT2D eigenvalue weighted by atomic mass is 10.1. The Kier molecular flexibility index (Phi) is 6.86. The highest BCUT2D eigenvalue weighted by Crippen LogP contribution is 2.34. The third-order valence-electron chi connectivity index (χ3n) is 4.25. The molecule has 0 aliphatic carbocycles. The van der Waals surface area contributed by atoms with Crippen LogP contribution in [0, 0.1) is 5.82 Å². The fourth-order valence-electron chi connectivity index (χ4n) is 2.69. The molecule has 0 unspecified atom stereocenters. The van der Waals surface area contributed by atoms with E-state index in [0.717, 1.165) is 25.8 Å². The van der Waals surface area contributed by atoms with Gasteiger partial charge in [-0.05, 0) is 92.0 Å². The molecule has 4 rings (SSSR count). The number of carbonyl (C=O) groups excluding carboxylic acids is 1. The molecule has 4 nitrogen and oxygen atoms in total. The first-order valence-corrected chi connectivity index (χ1v) is 12.3. The van der Waals surface area contributed by atoms with Crippen molar-refractivity contribution in [2.45, 2.75) is 4.34 Å². The molecule has 1 N–H and O–H groups in total. The number of hydrogen-bond acceptors (Lipinski definition) is 6. The molecular formula is C22H13Br2FN2O2S2. The van der Waals surface area contributed by atoms with Crippen molar-refractivity contribution in [1.82, 2.24) is 4.98 Å². The summed E-state index contributed by atoms with van der Waals surface area (Å²) >= 11 is 9.48. The van der Waals surface area contributed by atoms with E-state index in [1.165, 1.54) is 47.4 Å². The molecule has 0 bridgehead atoms. The average Bonchev–Trinajstić information content (AvgIpc) is 3.17. The Morgan fingerprint density at radius 2 is 1.84 bits per heavy atom. The number of carbonyl (C=O) groups is 1. The molecule has 31 heavy (non-hydrogen) atoms. The summed E-state index contributed by atoms with van der Waals surface area (Å²) in [7, 11) is 0. The van der Waals surface area contributed by atoms with E-state index < -0.39 is 0 Å². The van der Waals surface area contributed by atoms with Crippen molar-refractivity contribution >= 4 is 82.9 Å². The lowest BCUT2D eigenvalue weighted by Gasteiger charge is -2.02. The number of rotatable bonds is 6. The lowest BCUT2D eigenvalue weighted by Crippen LogP contribution is -2.01. The van der Waals surface area contributed by atoms with Crippen molar-refractivity contribution in [2.75, 3.05) is 5.75 Å². The number of hydrogen-bond donors (Lipinski definition) is 1. The quantitative estimate of drug-likeness (QED) is 0.147. The summed E-state index contributed by atoms with van der Waals surface area (Å²) in [5, 5.41) is 9.81. The number of thioether (sulfide) groups is 1. The largest absolute Gasteiger partial charge is 0.506 e. The molecule has 0 aliphatic heterocycles. The Balaban J connectivity index is 1.46. The Morgan fingerprint density at radius 1 is 1.13 bits per heavy atom. The summed E-state index contributed by atoms with van der Waals surface area (Å²) in [6.45, 7) is 0. The zero-order valence-electron chi connectivity index (χ0n) is 15.7. The van der Waals surface area contributed by atoms with Gasteiger partial charge in [0.1, 0.15) is 11.6 Å². The van der Waals surface area contributed by atoms with Crippen LogP contribution in [-0.4, -0.2) is 27.8 Å². The van der Waals surface area contributed by atoms with Crippen LogP contribution < -0.4 is 0 Å². The highest BCUT2D eigenvalue weighted by Gasteiger charge is 2.11. The van der Waals surface area contributed by atoms with E-state index in [9.17, 15) is 14.3 Å². The minimum Gasteiger partial charge on any atom is -0.506 e. The van der Waals surface area contributed by atoms with Crippen LogP contribution in [0.1, 0.15) is 15.9 Å². The van der Waals surface area contributed by atoms with Crippen molar-refractivity contribution in [3.63, 3.8) is 0 Å². The topological polar surface area (TPSA) is 62.5 Å². The molecule has 4 aromatic rings. The van der Waals surface area contributed by atoms with Crippen molar-refractivity contribution in [3.8, 4) is 5.75 Å². The molecule has 0 radical (unpaired) electrons. The number of fused-ring (bicyclic) bond motifs is 1. The number of halogens is 3. The Hall–Kier alpha value is -2.07. The first-order chi connectivity index (χ1) is 14.9. The number of aliphatic imine (C=N–C) groups is 1. The Labute approximate surface area is 202 Å². The average molecular weight is 580 g/mol. The monoisotopic (exact) mass is 578 g/mol. The number of aromatic nitrogens is 1. The van der Waals surface area contributed by atoms with Gasteiger partial charge in [-0.15, -0.1) is 11.3 Å². The third-order valence-corrected chi connectivity index (χ3v) is 7.62. The van der Waals surface area contributed by atoms with Crippen LogP contribution in [-0.2, 0) is 0 Å². The minimum absolute atomic E-state index is 0.0687. The van der Waals surface area contributed by atoms with Gasteiger partial charge in [0, 0.05) is 11.8 Å². The molecule has 9 heteroatoms. The Bertz CT molecular complexity index is 1280. The van der Waals surface area contributed by atoms with Crippen LogP contribution >= 0.6 is 55.0 Å². The smallest absolute Gasteiger partial charge is 0.173 e. The number of Topliss-reactive ketones (excluding diaryl/α,β-unsaturated/α-hetero) is 1. The highest BCUT2D eigenvalue weighted by molar-refractivity contribution is 9.11. The van der Waals surface area contributed by atoms with Crippen LogP contribution in [0.3, 0.4) is 0 Å². The molecule has 0 spiro atoms. The second-order valence-electron chi connectivity index (χ2n) is 6.44. The molecule has 0 saturated carbocycles. The fraction of sp³-hybridized carbons (Fsp3) is 0.0455. The number of phenolic OH excluding ortho intramolecular Hbond substituents is 1. The highest BCUT2D eigenvalue weighted by atomic mass is 79.9. The zero-order chi connectivity index (χ0) is 22.0. The first kappa shape index (κ1) is 22.1. The molecule has 0 atom stereocenters. The van der Waals surface area contributed by atoms with Gasteiger partial charge in [-0.25, -0.2) is 9.37 Å². The number of aromatic hydroxyl groups is 1. The van der Waals surface area contributed by atoms with Gasteiger partial charge in [-0.3, -0.25) is 9.79 Å². The van der Waals surface area contributed by atoms with E-state index in [0.29, 0.717) is 14.5 Å². The summed E-state index contributed by atoms with van der Waals surface area (Å²) in [4.78, 5) is 21.3. The number of benzene rings is 3. The SMILES string of the molecule is O=C(CSc1nc2ccc(N=Cc3cc(Br)c(O)c(Br)c3)cc2s1)c1ccc(F)cc1. The van der Waals surface area contributed by atoms with Gasteiger partial charge in [-0.1, -0.05) is 11.8 Å². The molecule has 3 aromatic carbocycles. The molecule has 0 fully saturated rings. The number of ketones is 1. The van der Waals surface area contributed by atoms with Crippen LogP contribution in [0.15, 0.2) is 72.9 Å². The first-order valence-electron chi connectivity index (χ1n) is 8.93. The van der Waals surface area contributed by atoms with E-state index in [1.54, 1.807) is 18.3 Å². The second kappa shape index (κ2) is 9.60. The number of nitrogens with zero attached hydrogens (tertiary/aromatic N) is 2. The van der Waals surface area contributed by atoms with E-state index >= 15 is 0 Å². The van der Waals surface area contributed by atoms with Gasteiger partial charge in [0.15, 0.2) is 10.1 Å². The molecule has 1 heterocycles. The maximum absolute atomic E-state index is 13.0. The van der Waals surface area contributed by atoms with Gasteiger partial charge < -0.3 is 5.11 Å². The Morgan fingerprint density at radius 3 is 2.55 bits per heavy atom.